The lowest BCUT2D eigenvalue weighted by Gasteiger charge is -2.55. The fourth-order valence-corrected chi connectivity index (χ4v) is 6.00. The Labute approximate surface area is 188 Å². The van der Waals surface area contributed by atoms with Crippen molar-refractivity contribution >= 4 is 11.8 Å². The molecule has 3 aliphatic heterocycles. The number of piperidine rings is 3. The zero-order chi connectivity index (χ0) is 22.1. The molecule has 9 nitrogen and oxygen atoms in total. The van der Waals surface area contributed by atoms with Crippen molar-refractivity contribution in [2.75, 3.05) is 19.6 Å². The van der Waals surface area contributed by atoms with Crippen LogP contribution in [0.2, 0.25) is 0 Å². The van der Waals surface area contributed by atoms with Crippen molar-refractivity contribution in [3.63, 3.8) is 0 Å². The van der Waals surface area contributed by atoms with Crippen LogP contribution in [0.3, 0.4) is 0 Å². The topological polar surface area (TPSA) is 99.2 Å². The van der Waals surface area contributed by atoms with Gasteiger partial charge < -0.3 is 14.8 Å². The smallest absolute Gasteiger partial charge is 0.243 e. The summed E-state index contributed by atoms with van der Waals surface area (Å²) in [6.45, 7) is 6.02. The SMILES string of the molecule is Cc1cc(CN2C[C@@H]3C[C@H](C2)[C@H](C(=O)NCCCn2ccnc2)N2C(=O)CCC[C@@H]32)n[nH]1. The van der Waals surface area contributed by atoms with Gasteiger partial charge in [0.05, 0.1) is 12.0 Å². The summed E-state index contributed by atoms with van der Waals surface area (Å²) in [5, 5.41) is 10.6. The van der Waals surface area contributed by atoms with Gasteiger partial charge >= 0.3 is 0 Å². The third kappa shape index (κ3) is 4.30. The highest BCUT2D eigenvalue weighted by atomic mass is 16.2. The van der Waals surface area contributed by atoms with Crippen LogP contribution in [-0.4, -0.2) is 73.1 Å². The van der Waals surface area contributed by atoms with Gasteiger partial charge in [-0.1, -0.05) is 0 Å². The molecule has 2 amide bonds. The van der Waals surface area contributed by atoms with E-state index in [-0.39, 0.29) is 29.8 Å². The minimum absolute atomic E-state index is 0.0109. The first-order valence-corrected chi connectivity index (χ1v) is 11.9. The van der Waals surface area contributed by atoms with E-state index in [0.29, 0.717) is 18.9 Å². The van der Waals surface area contributed by atoms with Gasteiger partial charge in [0.25, 0.3) is 0 Å². The molecule has 0 saturated carbocycles. The Bertz CT molecular complexity index is 940. The Morgan fingerprint density at radius 3 is 2.97 bits per heavy atom. The van der Waals surface area contributed by atoms with E-state index in [1.807, 2.05) is 22.6 Å². The highest BCUT2D eigenvalue weighted by Crippen LogP contribution is 2.42. The first-order valence-electron chi connectivity index (χ1n) is 11.9. The number of hydrogen-bond acceptors (Lipinski definition) is 5. The van der Waals surface area contributed by atoms with Crippen molar-refractivity contribution in [2.45, 2.75) is 64.2 Å². The number of carbonyl (C=O) groups excluding carboxylic acids is 2. The number of nitrogens with zero attached hydrogens (tertiary/aromatic N) is 5. The van der Waals surface area contributed by atoms with Crippen molar-refractivity contribution < 1.29 is 9.59 Å². The largest absolute Gasteiger partial charge is 0.354 e. The lowest BCUT2D eigenvalue weighted by Crippen LogP contribution is -2.68. The van der Waals surface area contributed by atoms with Crippen molar-refractivity contribution in [2.24, 2.45) is 11.8 Å². The van der Waals surface area contributed by atoms with Crippen molar-refractivity contribution in [1.29, 1.82) is 0 Å². The number of carbonyl (C=O) groups is 2. The summed E-state index contributed by atoms with van der Waals surface area (Å²) in [5.74, 6) is 0.770. The Hall–Kier alpha value is -2.68. The van der Waals surface area contributed by atoms with Crippen LogP contribution in [0.5, 0.6) is 0 Å². The van der Waals surface area contributed by atoms with Gasteiger partial charge in [0, 0.05) is 69.2 Å². The first kappa shape index (κ1) is 21.2. The third-order valence-electron chi connectivity index (χ3n) is 7.28. The first-order chi connectivity index (χ1) is 15.6. The Kier molecular flexibility index (Phi) is 5.99. The molecule has 3 fully saturated rings. The van der Waals surface area contributed by atoms with E-state index < -0.39 is 0 Å². The molecule has 0 unspecified atom stereocenters. The standard InChI is InChI=1S/C23H33N7O2/c1-16-10-19(27-26-16)14-29-12-17-11-18(13-29)22(30-20(17)4-2-5-21(30)31)23(32)25-6-3-8-28-9-7-24-15-28/h7,9-10,15,17-18,20,22H,2-6,8,11-14H2,1H3,(H,25,32)(H,26,27)/t17-,18+,20-,22+/m0/s1. The van der Waals surface area contributed by atoms with E-state index in [9.17, 15) is 9.59 Å². The summed E-state index contributed by atoms with van der Waals surface area (Å²) in [6.07, 6.45) is 9.84. The Balaban J connectivity index is 1.27. The molecule has 0 aliphatic carbocycles. The van der Waals surface area contributed by atoms with Crippen LogP contribution in [-0.2, 0) is 22.7 Å². The molecule has 4 atom stereocenters. The maximum absolute atomic E-state index is 13.4. The van der Waals surface area contributed by atoms with Gasteiger partial charge in [-0.15, -0.1) is 0 Å². The van der Waals surface area contributed by atoms with E-state index in [1.54, 1.807) is 12.5 Å². The predicted molar refractivity (Wildman–Crippen MR) is 118 cm³/mol. The molecule has 172 valence electrons. The summed E-state index contributed by atoms with van der Waals surface area (Å²) < 4.78 is 2.01. The van der Waals surface area contributed by atoms with Gasteiger partial charge in [0.15, 0.2) is 0 Å². The number of imidazole rings is 1. The Morgan fingerprint density at radius 1 is 1.31 bits per heavy atom. The second kappa shape index (κ2) is 9.05. The van der Waals surface area contributed by atoms with Crippen LogP contribution in [0, 0.1) is 18.8 Å². The molecule has 2 aromatic heterocycles. The van der Waals surface area contributed by atoms with Crippen LogP contribution >= 0.6 is 0 Å². The zero-order valence-corrected chi connectivity index (χ0v) is 18.7. The van der Waals surface area contributed by atoms with Crippen LogP contribution in [0.25, 0.3) is 0 Å². The summed E-state index contributed by atoms with van der Waals surface area (Å²) >= 11 is 0. The van der Waals surface area contributed by atoms with Crippen LogP contribution in [0.15, 0.2) is 24.8 Å². The number of amides is 2. The molecule has 3 aliphatic rings. The van der Waals surface area contributed by atoms with Gasteiger partial charge in [-0.25, -0.2) is 4.98 Å². The Morgan fingerprint density at radius 2 is 2.19 bits per heavy atom. The molecule has 0 radical (unpaired) electrons. The molecule has 0 aromatic carbocycles. The lowest BCUT2D eigenvalue weighted by atomic mass is 9.71. The molecule has 2 N–H and O–H groups in total. The maximum atomic E-state index is 13.4. The summed E-state index contributed by atoms with van der Waals surface area (Å²) in [7, 11) is 0. The van der Waals surface area contributed by atoms with Gasteiger partial charge in [0.2, 0.25) is 11.8 Å². The second-order valence-corrected chi connectivity index (χ2v) is 9.64. The van der Waals surface area contributed by atoms with E-state index in [4.69, 9.17) is 0 Å². The van der Waals surface area contributed by atoms with Crippen molar-refractivity contribution in [1.82, 2.24) is 34.9 Å². The van der Waals surface area contributed by atoms with E-state index in [0.717, 1.165) is 63.3 Å². The number of H-pyrrole nitrogens is 1. The molecule has 2 bridgehead atoms. The predicted octanol–water partition coefficient (Wildman–Crippen LogP) is 1.32. The number of fused-ring (bicyclic) bond motifs is 4. The number of aromatic nitrogens is 4. The quantitative estimate of drug-likeness (QED) is 0.634. The summed E-state index contributed by atoms with van der Waals surface area (Å²) in [5.41, 5.74) is 2.11. The highest BCUT2D eigenvalue weighted by molar-refractivity contribution is 5.89. The number of hydrogen-bond donors (Lipinski definition) is 2. The lowest BCUT2D eigenvalue weighted by molar-refractivity contribution is -0.160. The fourth-order valence-electron chi connectivity index (χ4n) is 6.00. The second-order valence-electron chi connectivity index (χ2n) is 9.64. The molecule has 32 heavy (non-hydrogen) atoms. The molecule has 5 rings (SSSR count). The van der Waals surface area contributed by atoms with Crippen molar-refractivity contribution in [3.05, 3.63) is 36.2 Å². The number of aryl methyl sites for hydroxylation is 2. The van der Waals surface area contributed by atoms with Gasteiger partial charge in [-0.2, -0.15) is 5.10 Å². The molecule has 2 aromatic rings. The van der Waals surface area contributed by atoms with Crippen LogP contribution < -0.4 is 5.32 Å². The van der Waals surface area contributed by atoms with Crippen LogP contribution in [0.1, 0.15) is 43.5 Å². The average Bonchev–Trinajstić information content (AvgIpc) is 3.43. The minimum Gasteiger partial charge on any atom is -0.354 e. The van der Waals surface area contributed by atoms with Gasteiger partial charge in [-0.3, -0.25) is 19.6 Å². The van der Waals surface area contributed by atoms with Gasteiger partial charge in [0.1, 0.15) is 6.04 Å². The summed E-state index contributed by atoms with van der Waals surface area (Å²) in [6, 6.07) is 1.91. The van der Waals surface area contributed by atoms with E-state index >= 15 is 0 Å². The summed E-state index contributed by atoms with van der Waals surface area (Å²) in [4.78, 5) is 34.8. The van der Waals surface area contributed by atoms with E-state index in [2.05, 4.69) is 31.5 Å². The molecule has 3 saturated heterocycles. The molecule has 9 heteroatoms. The number of aromatic amines is 1. The fraction of sp³-hybridized carbons (Fsp3) is 0.652. The maximum Gasteiger partial charge on any atom is 0.243 e. The number of nitrogens with one attached hydrogen (secondary N) is 2. The molecular weight excluding hydrogens is 406 g/mol. The zero-order valence-electron chi connectivity index (χ0n) is 18.7. The number of likely N-dealkylation sites (tertiary alicyclic amines) is 1. The van der Waals surface area contributed by atoms with Crippen LogP contribution in [0.4, 0.5) is 0 Å². The third-order valence-corrected chi connectivity index (χ3v) is 7.28. The van der Waals surface area contributed by atoms with Crippen molar-refractivity contribution in [3.8, 4) is 0 Å². The van der Waals surface area contributed by atoms with E-state index in [1.165, 1.54) is 0 Å². The average molecular weight is 440 g/mol. The van der Waals surface area contributed by atoms with Gasteiger partial charge in [-0.05, 0) is 44.6 Å². The molecular formula is C23H33N7O2. The minimum atomic E-state index is -0.360. The monoisotopic (exact) mass is 439 g/mol. The molecule has 5 heterocycles. The normalized spacial score (nSPS) is 27.9. The molecule has 0 spiro atoms. The number of rotatable bonds is 7. The highest BCUT2D eigenvalue weighted by Gasteiger charge is 2.51.